The molecule has 2 amide bonds. The van der Waals surface area contributed by atoms with Crippen molar-refractivity contribution in [1.82, 2.24) is 14.9 Å². The van der Waals surface area contributed by atoms with Crippen molar-refractivity contribution in [3.8, 4) is 0 Å². The average Bonchev–Trinajstić information content (AvgIpc) is 3.50. The molecule has 7 nitrogen and oxygen atoms in total. The van der Waals surface area contributed by atoms with E-state index in [1.807, 2.05) is 51.9 Å². The SMILES string of the molecule is O=C(NCCCc1nc2ccccc2n1CC(=O)N1CCCc2ccccc21)c1ccco1. The molecule has 0 fully saturated rings. The zero-order valence-corrected chi connectivity index (χ0v) is 18.4. The lowest BCUT2D eigenvalue weighted by Crippen LogP contribution is -2.38. The largest absolute Gasteiger partial charge is 0.459 e. The highest BCUT2D eigenvalue weighted by atomic mass is 16.3. The fourth-order valence-electron chi connectivity index (χ4n) is 4.45. The van der Waals surface area contributed by atoms with Crippen molar-refractivity contribution in [1.29, 1.82) is 0 Å². The Balaban J connectivity index is 1.31. The number of amides is 2. The smallest absolute Gasteiger partial charge is 0.286 e. The van der Waals surface area contributed by atoms with Crippen LogP contribution in [-0.2, 0) is 24.2 Å². The van der Waals surface area contributed by atoms with E-state index >= 15 is 0 Å². The predicted octanol–water partition coefficient (Wildman–Crippen LogP) is 3.97. The summed E-state index contributed by atoms with van der Waals surface area (Å²) >= 11 is 0. The van der Waals surface area contributed by atoms with Crippen molar-refractivity contribution in [2.24, 2.45) is 0 Å². The Hall–Kier alpha value is -3.87. The first-order chi connectivity index (χ1) is 16.2. The number of nitrogens with one attached hydrogen (secondary N) is 1. The number of para-hydroxylation sites is 3. The first-order valence-electron chi connectivity index (χ1n) is 11.3. The molecule has 0 spiro atoms. The maximum Gasteiger partial charge on any atom is 0.286 e. The number of carbonyl (C=O) groups excluding carboxylic acids is 2. The Bertz CT molecular complexity index is 1280. The Labute approximate surface area is 192 Å². The number of anilines is 1. The van der Waals surface area contributed by atoms with Crippen LogP contribution in [0.3, 0.4) is 0 Å². The fourth-order valence-corrected chi connectivity index (χ4v) is 4.45. The highest BCUT2D eigenvalue weighted by Gasteiger charge is 2.24. The molecule has 2 aromatic carbocycles. The summed E-state index contributed by atoms with van der Waals surface area (Å²) in [5, 5.41) is 2.87. The van der Waals surface area contributed by atoms with Gasteiger partial charge in [-0.2, -0.15) is 0 Å². The van der Waals surface area contributed by atoms with Crippen molar-refractivity contribution in [3.63, 3.8) is 0 Å². The van der Waals surface area contributed by atoms with Gasteiger partial charge >= 0.3 is 0 Å². The second-order valence-corrected chi connectivity index (χ2v) is 8.22. The summed E-state index contributed by atoms with van der Waals surface area (Å²) in [5.41, 5.74) is 4.06. The number of imidazole rings is 1. The molecule has 0 aliphatic carbocycles. The Morgan fingerprint density at radius 2 is 1.88 bits per heavy atom. The van der Waals surface area contributed by atoms with Crippen LogP contribution in [0.4, 0.5) is 5.69 Å². The molecule has 1 aliphatic rings. The van der Waals surface area contributed by atoms with Gasteiger partial charge in [-0.25, -0.2) is 4.98 Å². The van der Waals surface area contributed by atoms with Crippen LogP contribution in [0.15, 0.2) is 71.3 Å². The summed E-state index contributed by atoms with van der Waals surface area (Å²) < 4.78 is 7.14. The van der Waals surface area contributed by atoms with Crippen LogP contribution in [0.1, 0.15) is 34.8 Å². The van der Waals surface area contributed by atoms with E-state index in [-0.39, 0.29) is 18.4 Å². The number of fused-ring (bicyclic) bond motifs is 2. The highest BCUT2D eigenvalue weighted by Crippen LogP contribution is 2.27. The molecule has 5 rings (SSSR count). The Morgan fingerprint density at radius 3 is 2.76 bits per heavy atom. The summed E-state index contributed by atoms with van der Waals surface area (Å²) in [4.78, 5) is 32.1. The number of rotatable bonds is 7. The number of furan rings is 1. The highest BCUT2D eigenvalue weighted by molar-refractivity contribution is 5.95. The van der Waals surface area contributed by atoms with Crippen LogP contribution < -0.4 is 10.2 Å². The van der Waals surface area contributed by atoms with Crippen LogP contribution >= 0.6 is 0 Å². The third-order valence-corrected chi connectivity index (χ3v) is 6.05. The van der Waals surface area contributed by atoms with E-state index in [1.54, 1.807) is 12.1 Å². The van der Waals surface area contributed by atoms with Crippen molar-refractivity contribution >= 4 is 28.5 Å². The molecule has 1 N–H and O–H groups in total. The molecule has 0 unspecified atom stereocenters. The zero-order valence-electron chi connectivity index (χ0n) is 18.4. The molecule has 0 atom stereocenters. The number of nitrogens with zero attached hydrogens (tertiary/aromatic N) is 3. The summed E-state index contributed by atoms with van der Waals surface area (Å²) in [6.07, 6.45) is 4.81. The van der Waals surface area contributed by atoms with E-state index in [2.05, 4.69) is 11.4 Å². The van der Waals surface area contributed by atoms with Crippen LogP contribution in [0.5, 0.6) is 0 Å². The molecular formula is C26H26N4O3. The van der Waals surface area contributed by atoms with Gasteiger partial charge in [0.05, 0.1) is 17.3 Å². The lowest BCUT2D eigenvalue weighted by molar-refractivity contribution is -0.119. The van der Waals surface area contributed by atoms with Gasteiger partial charge < -0.3 is 19.2 Å². The van der Waals surface area contributed by atoms with Crippen molar-refractivity contribution in [2.45, 2.75) is 32.2 Å². The minimum atomic E-state index is -0.229. The summed E-state index contributed by atoms with van der Waals surface area (Å²) in [6, 6.07) is 19.4. The monoisotopic (exact) mass is 442 g/mol. The molecule has 33 heavy (non-hydrogen) atoms. The minimum Gasteiger partial charge on any atom is -0.459 e. The summed E-state index contributed by atoms with van der Waals surface area (Å²) in [7, 11) is 0. The van der Waals surface area contributed by atoms with E-state index in [1.165, 1.54) is 11.8 Å². The number of carbonyl (C=O) groups is 2. The van der Waals surface area contributed by atoms with Gasteiger partial charge in [-0.3, -0.25) is 9.59 Å². The van der Waals surface area contributed by atoms with Crippen molar-refractivity contribution in [3.05, 3.63) is 84.1 Å². The maximum atomic E-state index is 13.4. The Morgan fingerprint density at radius 1 is 1.03 bits per heavy atom. The zero-order chi connectivity index (χ0) is 22.6. The maximum absolute atomic E-state index is 13.4. The third-order valence-electron chi connectivity index (χ3n) is 6.05. The molecule has 0 radical (unpaired) electrons. The van der Waals surface area contributed by atoms with Crippen LogP contribution in [0.2, 0.25) is 0 Å². The first kappa shape index (κ1) is 21.0. The summed E-state index contributed by atoms with van der Waals surface area (Å²) in [5.74, 6) is 0.988. The van der Waals surface area contributed by atoms with Crippen molar-refractivity contribution in [2.75, 3.05) is 18.0 Å². The van der Waals surface area contributed by atoms with Gasteiger partial charge in [-0.15, -0.1) is 0 Å². The third kappa shape index (κ3) is 4.39. The van der Waals surface area contributed by atoms with Gasteiger partial charge in [0.2, 0.25) is 5.91 Å². The first-order valence-corrected chi connectivity index (χ1v) is 11.3. The van der Waals surface area contributed by atoms with E-state index < -0.39 is 0 Å². The number of hydrogen-bond acceptors (Lipinski definition) is 4. The quantitative estimate of drug-likeness (QED) is 0.439. The van der Waals surface area contributed by atoms with Crippen LogP contribution in [0, 0.1) is 0 Å². The van der Waals surface area contributed by atoms with Crippen LogP contribution in [0.25, 0.3) is 11.0 Å². The molecule has 0 bridgehead atoms. The number of aryl methyl sites for hydroxylation is 2. The lowest BCUT2D eigenvalue weighted by atomic mass is 10.0. The van der Waals surface area contributed by atoms with E-state index in [0.717, 1.165) is 41.9 Å². The summed E-state index contributed by atoms with van der Waals surface area (Å²) in [6.45, 7) is 1.47. The second-order valence-electron chi connectivity index (χ2n) is 8.22. The molecule has 4 aromatic rings. The number of hydrogen-bond donors (Lipinski definition) is 1. The average molecular weight is 443 g/mol. The molecule has 1 aliphatic heterocycles. The number of benzene rings is 2. The van der Waals surface area contributed by atoms with Gasteiger partial charge in [0, 0.05) is 25.2 Å². The van der Waals surface area contributed by atoms with Crippen LogP contribution in [-0.4, -0.2) is 34.5 Å². The van der Waals surface area contributed by atoms with E-state index in [0.29, 0.717) is 25.1 Å². The molecular weight excluding hydrogens is 416 g/mol. The topological polar surface area (TPSA) is 80.4 Å². The Kier molecular flexibility index (Phi) is 5.93. The van der Waals surface area contributed by atoms with Gasteiger partial charge in [0.1, 0.15) is 12.4 Å². The van der Waals surface area contributed by atoms with E-state index in [4.69, 9.17) is 9.40 Å². The molecule has 3 heterocycles. The lowest BCUT2D eigenvalue weighted by Gasteiger charge is -2.29. The molecule has 0 saturated carbocycles. The predicted molar refractivity (Wildman–Crippen MR) is 126 cm³/mol. The standard InChI is InChI=1S/C26H26N4O3/c31-25(29-16-6-9-19-8-1-3-11-21(19)29)18-30-22-12-4-2-10-20(22)28-24(30)14-5-15-27-26(32)23-13-7-17-33-23/h1-4,7-8,10-13,17H,5-6,9,14-16,18H2,(H,27,32). The van der Waals surface area contributed by atoms with Gasteiger partial charge in [-0.1, -0.05) is 30.3 Å². The molecule has 7 heteroatoms. The molecule has 2 aromatic heterocycles. The fraction of sp³-hybridized carbons (Fsp3) is 0.269. The van der Waals surface area contributed by atoms with Crippen molar-refractivity contribution < 1.29 is 14.0 Å². The van der Waals surface area contributed by atoms with E-state index in [9.17, 15) is 9.59 Å². The van der Waals surface area contributed by atoms with Gasteiger partial charge in [0.15, 0.2) is 5.76 Å². The van der Waals surface area contributed by atoms with Gasteiger partial charge in [0.25, 0.3) is 5.91 Å². The minimum absolute atomic E-state index is 0.0673. The van der Waals surface area contributed by atoms with Gasteiger partial charge in [-0.05, 0) is 55.2 Å². The second kappa shape index (κ2) is 9.32. The molecule has 168 valence electrons. The normalized spacial score (nSPS) is 13.2. The molecule has 0 saturated heterocycles. The number of aromatic nitrogens is 2.